The van der Waals surface area contributed by atoms with Gasteiger partial charge < -0.3 is 19.2 Å². The van der Waals surface area contributed by atoms with Crippen LogP contribution in [-0.2, 0) is 20.9 Å². The quantitative estimate of drug-likeness (QED) is 0.732. The van der Waals surface area contributed by atoms with E-state index in [9.17, 15) is 14.4 Å². The van der Waals surface area contributed by atoms with Crippen LogP contribution < -0.4 is 10.6 Å². The number of hydrogen-bond acceptors (Lipinski definition) is 6. The molecule has 0 aliphatic carbocycles. The summed E-state index contributed by atoms with van der Waals surface area (Å²) in [5.74, 6) is -1.55. The van der Waals surface area contributed by atoms with Crippen molar-refractivity contribution < 1.29 is 28.3 Å². The molecule has 0 aliphatic rings. The van der Waals surface area contributed by atoms with Crippen LogP contribution in [0.4, 0.5) is 4.79 Å². The zero-order chi connectivity index (χ0) is 19.1. The summed E-state index contributed by atoms with van der Waals surface area (Å²) in [6, 6.07) is 6.51. The molecule has 8 nitrogen and oxygen atoms in total. The van der Waals surface area contributed by atoms with Crippen molar-refractivity contribution >= 4 is 28.9 Å². The van der Waals surface area contributed by atoms with Gasteiger partial charge in [-0.1, -0.05) is 18.2 Å². The third kappa shape index (κ3) is 5.06. The predicted octanol–water partition coefficient (Wildman–Crippen LogP) is 2.36. The minimum absolute atomic E-state index is 0.0161. The Labute approximate surface area is 150 Å². The predicted molar refractivity (Wildman–Crippen MR) is 93.6 cm³/mol. The highest BCUT2D eigenvalue weighted by atomic mass is 16.5. The van der Waals surface area contributed by atoms with Gasteiger partial charge >= 0.3 is 12.0 Å². The van der Waals surface area contributed by atoms with Gasteiger partial charge in [0.25, 0.3) is 5.91 Å². The number of urea groups is 1. The lowest BCUT2D eigenvalue weighted by Crippen LogP contribution is -2.41. The molecule has 0 fully saturated rings. The molecule has 1 aromatic heterocycles. The fourth-order valence-corrected chi connectivity index (χ4v) is 2.22. The molecule has 2 aromatic rings. The van der Waals surface area contributed by atoms with E-state index in [2.05, 4.69) is 5.32 Å². The Morgan fingerprint density at radius 1 is 1.19 bits per heavy atom. The number of rotatable bonds is 7. The molecule has 1 heterocycles. The number of fused-ring (bicyclic) bond motifs is 1. The summed E-state index contributed by atoms with van der Waals surface area (Å²) < 4.78 is 16.1. The third-order valence-electron chi connectivity index (χ3n) is 3.37. The van der Waals surface area contributed by atoms with E-state index in [1.807, 2.05) is 31.3 Å². The number of hydrogen-bond donors (Lipinski definition) is 2. The molecular formula is C18H22N2O6. The maximum atomic E-state index is 12.3. The Morgan fingerprint density at radius 2 is 1.92 bits per heavy atom. The second-order valence-corrected chi connectivity index (χ2v) is 5.75. The van der Waals surface area contributed by atoms with Gasteiger partial charge in [-0.15, -0.1) is 0 Å². The van der Waals surface area contributed by atoms with E-state index in [0.29, 0.717) is 17.7 Å². The van der Waals surface area contributed by atoms with Crippen LogP contribution >= 0.6 is 0 Å². The molecule has 3 amide bonds. The van der Waals surface area contributed by atoms with Gasteiger partial charge in [0, 0.05) is 17.5 Å². The molecule has 0 bridgehead atoms. The number of amides is 3. The van der Waals surface area contributed by atoms with Gasteiger partial charge in [0.1, 0.15) is 5.58 Å². The number of carbonyl (C=O) groups excluding carboxylic acids is 3. The molecule has 26 heavy (non-hydrogen) atoms. The first-order valence-electron chi connectivity index (χ1n) is 8.29. The van der Waals surface area contributed by atoms with E-state index >= 15 is 0 Å². The van der Waals surface area contributed by atoms with Gasteiger partial charge in [-0.3, -0.25) is 10.1 Å². The maximum Gasteiger partial charge on any atom is 0.375 e. The van der Waals surface area contributed by atoms with Gasteiger partial charge in [-0.2, -0.15) is 0 Å². The highest BCUT2D eigenvalue weighted by molar-refractivity contribution is 5.98. The first kappa shape index (κ1) is 19.5. The second kappa shape index (κ2) is 9.00. The molecule has 0 unspecified atom stereocenters. The minimum atomic E-state index is -0.797. The first-order valence-corrected chi connectivity index (χ1v) is 8.29. The van der Waals surface area contributed by atoms with Crippen LogP contribution in [-0.4, -0.2) is 37.2 Å². The van der Waals surface area contributed by atoms with Crippen molar-refractivity contribution in [3.63, 3.8) is 0 Å². The Balaban J connectivity index is 2.10. The van der Waals surface area contributed by atoms with Crippen LogP contribution in [0.25, 0.3) is 11.0 Å². The smallest absolute Gasteiger partial charge is 0.375 e. The van der Waals surface area contributed by atoms with Gasteiger partial charge in [0.2, 0.25) is 5.76 Å². The van der Waals surface area contributed by atoms with E-state index in [1.54, 1.807) is 19.1 Å². The number of benzene rings is 1. The molecule has 0 aliphatic heterocycles. The highest BCUT2D eigenvalue weighted by Crippen LogP contribution is 2.27. The van der Waals surface area contributed by atoms with E-state index in [1.165, 1.54) is 0 Å². The zero-order valence-corrected chi connectivity index (χ0v) is 15.0. The van der Waals surface area contributed by atoms with E-state index in [0.717, 1.165) is 5.39 Å². The van der Waals surface area contributed by atoms with Gasteiger partial charge in [0.15, 0.2) is 6.61 Å². The van der Waals surface area contributed by atoms with Crippen LogP contribution in [0.5, 0.6) is 0 Å². The Bertz CT molecular complexity index is 796. The van der Waals surface area contributed by atoms with E-state index < -0.39 is 24.5 Å². The van der Waals surface area contributed by atoms with Crippen molar-refractivity contribution in [3.05, 3.63) is 35.6 Å². The van der Waals surface area contributed by atoms with Crippen molar-refractivity contribution in [1.82, 2.24) is 10.6 Å². The Kier molecular flexibility index (Phi) is 6.74. The maximum absolute atomic E-state index is 12.3. The van der Waals surface area contributed by atoms with Crippen molar-refractivity contribution in [2.24, 2.45) is 0 Å². The van der Waals surface area contributed by atoms with Gasteiger partial charge in [-0.25, -0.2) is 9.59 Å². The second-order valence-electron chi connectivity index (χ2n) is 5.75. The lowest BCUT2D eigenvalue weighted by Gasteiger charge is -2.08. The van der Waals surface area contributed by atoms with Crippen molar-refractivity contribution in [1.29, 1.82) is 0 Å². The van der Waals surface area contributed by atoms with E-state index in [-0.39, 0.29) is 18.5 Å². The zero-order valence-electron chi connectivity index (χ0n) is 15.0. The molecule has 140 valence electrons. The van der Waals surface area contributed by atoms with Gasteiger partial charge in [0.05, 0.1) is 12.7 Å². The molecule has 2 rings (SSSR count). The molecule has 0 radical (unpaired) electrons. The number of imide groups is 1. The van der Waals surface area contributed by atoms with Crippen LogP contribution in [0.3, 0.4) is 0 Å². The van der Waals surface area contributed by atoms with Crippen LogP contribution in [0, 0.1) is 0 Å². The topological polar surface area (TPSA) is 107 Å². The lowest BCUT2D eigenvalue weighted by atomic mass is 10.1. The Morgan fingerprint density at radius 3 is 2.62 bits per heavy atom. The summed E-state index contributed by atoms with van der Waals surface area (Å²) >= 11 is 0. The Hall–Kier alpha value is -2.87. The molecule has 1 aromatic carbocycles. The minimum Gasteiger partial charge on any atom is -0.450 e. The average molecular weight is 362 g/mol. The number of furan rings is 1. The SMILES string of the molecule is CCNC(=O)NC(=O)COC(=O)c1oc2ccccc2c1COC(C)C. The number of ether oxygens (including phenoxy) is 2. The summed E-state index contributed by atoms with van der Waals surface area (Å²) in [5.41, 5.74) is 1.08. The van der Waals surface area contributed by atoms with Gasteiger partial charge in [-0.05, 0) is 26.8 Å². The molecular weight excluding hydrogens is 340 g/mol. The monoisotopic (exact) mass is 362 g/mol. The molecule has 0 spiro atoms. The van der Waals surface area contributed by atoms with Crippen molar-refractivity contribution in [3.8, 4) is 0 Å². The van der Waals surface area contributed by atoms with Crippen molar-refractivity contribution in [2.75, 3.05) is 13.2 Å². The van der Waals surface area contributed by atoms with Crippen LogP contribution in [0.15, 0.2) is 28.7 Å². The first-order chi connectivity index (χ1) is 12.4. The number of para-hydroxylation sites is 1. The lowest BCUT2D eigenvalue weighted by molar-refractivity contribution is -0.123. The number of nitrogens with one attached hydrogen (secondary N) is 2. The summed E-state index contributed by atoms with van der Waals surface area (Å²) in [6.45, 7) is 5.42. The van der Waals surface area contributed by atoms with Crippen LogP contribution in [0.2, 0.25) is 0 Å². The van der Waals surface area contributed by atoms with Crippen molar-refractivity contribution in [2.45, 2.75) is 33.5 Å². The average Bonchev–Trinajstić information content (AvgIpc) is 2.96. The number of esters is 1. The van der Waals surface area contributed by atoms with E-state index in [4.69, 9.17) is 13.9 Å². The summed E-state index contributed by atoms with van der Waals surface area (Å²) in [6.07, 6.45) is -0.0320. The van der Waals surface area contributed by atoms with Crippen LogP contribution in [0.1, 0.15) is 36.9 Å². The summed E-state index contributed by atoms with van der Waals surface area (Å²) in [4.78, 5) is 35.2. The normalized spacial score (nSPS) is 10.8. The fourth-order valence-electron chi connectivity index (χ4n) is 2.22. The standard InChI is InChI=1S/C18H22N2O6/c1-4-19-18(23)20-15(21)10-25-17(22)16-13(9-24-11(2)3)12-7-5-6-8-14(12)26-16/h5-8,11H,4,9-10H2,1-3H3,(H2,19,20,21,23). The third-order valence-corrected chi connectivity index (χ3v) is 3.37. The highest BCUT2D eigenvalue weighted by Gasteiger charge is 2.23. The fraction of sp³-hybridized carbons (Fsp3) is 0.389. The molecule has 2 N–H and O–H groups in total. The number of carbonyl (C=O) groups is 3. The summed E-state index contributed by atoms with van der Waals surface area (Å²) in [5, 5.41) is 5.19. The summed E-state index contributed by atoms with van der Waals surface area (Å²) in [7, 11) is 0. The largest absolute Gasteiger partial charge is 0.450 e. The molecule has 0 atom stereocenters. The molecule has 0 saturated heterocycles. The molecule has 8 heteroatoms. The molecule has 0 saturated carbocycles.